The molecule has 1 aromatic heterocycles. The summed E-state index contributed by atoms with van der Waals surface area (Å²) in [6.07, 6.45) is 30.0. The largest absolute Gasteiger partial charge is 0.748 e. The van der Waals surface area contributed by atoms with Crippen LogP contribution in [-0.4, -0.2) is 45.2 Å². The van der Waals surface area contributed by atoms with Crippen LogP contribution in [-0.2, 0) is 26.1 Å². The molecule has 0 N–H and O–H groups in total. The van der Waals surface area contributed by atoms with E-state index in [0.717, 1.165) is 32.3 Å². The molecule has 2 unspecified atom stereocenters. The fraction of sp³-hybridized carbons (Fsp3) is 0.839. The van der Waals surface area contributed by atoms with E-state index in [9.17, 15) is 0 Å². The molecule has 7 heteroatoms. The standard InChI is InChI=1S/C30H54NO2.CH4O3S/c1-2-3-4-5-6-7-8-9-10-11-12-16-21-29-26-30(33-27-29)28-32-25-20-14-13-17-22-31-23-18-15-19-24-31;1-5(2,3)4/h15,18-19,23-24,29-30H,2-14,16-17,20-22,25-28H2,1H3;1H3,(H,2,3,4)/q+1;/p-1. The van der Waals surface area contributed by atoms with Crippen LogP contribution in [0.2, 0.25) is 0 Å². The number of ether oxygens (including phenoxy) is 2. The second kappa shape index (κ2) is 23.8. The smallest absolute Gasteiger partial charge is 0.168 e. The topological polar surface area (TPSA) is 79.5 Å². The maximum atomic E-state index is 9.08. The van der Waals surface area contributed by atoms with Crippen LogP contribution in [0.25, 0.3) is 0 Å². The number of aromatic nitrogens is 1. The van der Waals surface area contributed by atoms with E-state index in [4.69, 9.17) is 22.4 Å². The minimum Gasteiger partial charge on any atom is -0.748 e. The maximum Gasteiger partial charge on any atom is 0.168 e. The number of aryl methyl sites for hydroxylation is 1. The van der Waals surface area contributed by atoms with Crippen molar-refractivity contribution in [3.63, 3.8) is 0 Å². The fourth-order valence-electron chi connectivity index (χ4n) is 5.02. The van der Waals surface area contributed by atoms with Crippen molar-refractivity contribution >= 4 is 10.1 Å². The Kier molecular flexibility index (Phi) is 22.0. The Morgan fingerprint density at radius 3 is 1.95 bits per heavy atom. The van der Waals surface area contributed by atoms with Crippen LogP contribution in [0.5, 0.6) is 0 Å². The molecular formula is C31H57NO5S. The molecule has 6 nitrogen and oxygen atoms in total. The highest BCUT2D eigenvalue weighted by Crippen LogP contribution is 2.25. The summed E-state index contributed by atoms with van der Waals surface area (Å²) in [5.74, 6) is 0.775. The second-order valence-electron chi connectivity index (χ2n) is 11.0. The molecule has 0 radical (unpaired) electrons. The first kappa shape index (κ1) is 35.0. The summed E-state index contributed by atoms with van der Waals surface area (Å²) in [4.78, 5) is 0. The van der Waals surface area contributed by atoms with Crippen molar-refractivity contribution < 1.29 is 27.0 Å². The first-order valence-electron chi connectivity index (χ1n) is 15.4. The minimum atomic E-state index is -3.92. The predicted molar refractivity (Wildman–Crippen MR) is 155 cm³/mol. The molecular weight excluding hydrogens is 498 g/mol. The zero-order valence-electron chi connectivity index (χ0n) is 24.5. The lowest BCUT2D eigenvalue weighted by Crippen LogP contribution is -2.32. The molecule has 0 aromatic carbocycles. The molecule has 2 atom stereocenters. The molecule has 0 bridgehead atoms. The third-order valence-electron chi connectivity index (χ3n) is 7.17. The molecule has 2 rings (SSSR count). The molecule has 222 valence electrons. The molecule has 0 aliphatic carbocycles. The van der Waals surface area contributed by atoms with Gasteiger partial charge in [0.05, 0.1) is 22.8 Å². The van der Waals surface area contributed by atoms with Gasteiger partial charge in [0.1, 0.15) is 6.54 Å². The van der Waals surface area contributed by atoms with E-state index < -0.39 is 10.1 Å². The number of nitrogens with zero attached hydrogens (tertiary/aromatic N) is 1. The molecule has 1 aromatic rings. The predicted octanol–water partition coefficient (Wildman–Crippen LogP) is 7.21. The Morgan fingerprint density at radius 2 is 1.34 bits per heavy atom. The van der Waals surface area contributed by atoms with E-state index in [1.807, 2.05) is 0 Å². The van der Waals surface area contributed by atoms with Gasteiger partial charge in [-0.15, -0.1) is 0 Å². The van der Waals surface area contributed by atoms with Gasteiger partial charge in [0.2, 0.25) is 0 Å². The zero-order valence-corrected chi connectivity index (χ0v) is 25.3. The van der Waals surface area contributed by atoms with E-state index in [-0.39, 0.29) is 0 Å². The highest BCUT2D eigenvalue weighted by molar-refractivity contribution is 7.84. The minimum absolute atomic E-state index is 0.349. The molecule has 0 saturated carbocycles. The van der Waals surface area contributed by atoms with Crippen LogP contribution in [0.15, 0.2) is 30.6 Å². The van der Waals surface area contributed by atoms with E-state index in [2.05, 4.69) is 42.1 Å². The van der Waals surface area contributed by atoms with Gasteiger partial charge in [0, 0.05) is 38.0 Å². The first-order valence-corrected chi connectivity index (χ1v) is 17.2. The van der Waals surface area contributed by atoms with Gasteiger partial charge in [-0.1, -0.05) is 96.5 Å². The van der Waals surface area contributed by atoms with Crippen molar-refractivity contribution in [3.8, 4) is 0 Å². The van der Waals surface area contributed by atoms with Crippen molar-refractivity contribution in [2.45, 2.75) is 135 Å². The zero-order chi connectivity index (χ0) is 27.7. The van der Waals surface area contributed by atoms with Gasteiger partial charge in [-0.3, -0.25) is 0 Å². The lowest BCUT2D eigenvalue weighted by atomic mass is 9.97. The van der Waals surface area contributed by atoms with E-state index in [0.29, 0.717) is 12.4 Å². The number of pyridine rings is 1. The Labute approximate surface area is 234 Å². The van der Waals surface area contributed by atoms with Crippen LogP contribution in [0, 0.1) is 5.92 Å². The lowest BCUT2D eigenvalue weighted by molar-refractivity contribution is -0.697. The van der Waals surface area contributed by atoms with Crippen molar-refractivity contribution in [2.75, 3.05) is 26.1 Å². The first-order chi connectivity index (χ1) is 18.4. The summed E-state index contributed by atoms with van der Waals surface area (Å²) >= 11 is 0. The van der Waals surface area contributed by atoms with Crippen LogP contribution in [0.4, 0.5) is 0 Å². The maximum absolute atomic E-state index is 9.08. The van der Waals surface area contributed by atoms with Gasteiger partial charge in [-0.2, -0.15) is 0 Å². The van der Waals surface area contributed by atoms with Crippen LogP contribution >= 0.6 is 0 Å². The molecule has 1 aliphatic heterocycles. The van der Waals surface area contributed by atoms with E-state index in [1.54, 1.807) is 0 Å². The quantitative estimate of drug-likeness (QED) is 0.0858. The normalized spacial score (nSPS) is 17.3. The van der Waals surface area contributed by atoms with Gasteiger partial charge in [-0.05, 0) is 31.6 Å². The summed E-state index contributed by atoms with van der Waals surface area (Å²) < 4.78 is 41.4. The van der Waals surface area contributed by atoms with Gasteiger partial charge in [-0.25, -0.2) is 13.0 Å². The lowest BCUT2D eigenvalue weighted by Gasteiger charge is -2.10. The van der Waals surface area contributed by atoms with Crippen molar-refractivity contribution in [1.82, 2.24) is 0 Å². The fourth-order valence-corrected chi connectivity index (χ4v) is 5.02. The van der Waals surface area contributed by atoms with Crippen molar-refractivity contribution in [3.05, 3.63) is 30.6 Å². The highest BCUT2D eigenvalue weighted by Gasteiger charge is 2.24. The average Bonchev–Trinajstić information content (AvgIpc) is 3.33. The van der Waals surface area contributed by atoms with Crippen LogP contribution < -0.4 is 4.57 Å². The number of unbranched alkanes of at least 4 members (excludes halogenated alkanes) is 14. The highest BCUT2D eigenvalue weighted by atomic mass is 32.2. The Balaban J connectivity index is 0.00000132. The van der Waals surface area contributed by atoms with E-state index in [1.165, 1.54) is 116 Å². The molecule has 0 amide bonds. The molecule has 0 spiro atoms. The summed E-state index contributed by atoms with van der Waals surface area (Å²) in [6, 6.07) is 6.27. The Bertz CT molecular complexity index is 736. The van der Waals surface area contributed by atoms with Gasteiger partial charge >= 0.3 is 0 Å². The molecule has 38 heavy (non-hydrogen) atoms. The van der Waals surface area contributed by atoms with Gasteiger partial charge in [0.25, 0.3) is 0 Å². The Morgan fingerprint density at radius 1 is 0.816 bits per heavy atom. The van der Waals surface area contributed by atoms with E-state index >= 15 is 0 Å². The third kappa shape index (κ3) is 24.1. The third-order valence-corrected chi connectivity index (χ3v) is 7.17. The summed E-state index contributed by atoms with van der Waals surface area (Å²) in [5.41, 5.74) is 0. The number of hydrogen-bond donors (Lipinski definition) is 0. The van der Waals surface area contributed by atoms with Gasteiger partial charge in [0.15, 0.2) is 12.4 Å². The monoisotopic (exact) mass is 555 g/mol. The summed E-state index contributed by atoms with van der Waals surface area (Å²) in [7, 11) is -3.92. The summed E-state index contributed by atoms with van der Waals surface area (Å²) in [5, 5.41) is 0. The number of hydrogen-bond acceptors (Lipinski definition) is 5. The number of rotatable bonds is 22. The second-order valence-corrected chi connectivity index (χ2v) is 12.4. The SMILES string of the molecule is CCCCCCCCCCCCCCC1COC(COCCCCCC[n+]2ccccc2)C1.CS(=O)(=O)[O-]. The molecule has 2 heterocycles. The molecule has 1 fully saturated rings. The average molecular weight is 556 g/mol. The summed E-state index contributed by atoms with van der Waals surface area (Å²) in [6.45, 7) is 6.07. The molecule has 1 saturated heterocycles. The van der Waals surface area contributed by atoms with Crippen LogP contribution in [0.3, 0.4) is 0 Å². The molecule has 1 aliphatic rings. The Hall–Kier alpha value is -1.02. The van der Waals surface area contributed by atoms with Crippen LogP contribution in [0.1, 0.15) is 122 Å². The van der Waals surface area contributed by atoms with Crippen molar-refractivity contribution in [1.29, 1.82) is 0 Å². The van der Waals surface area contributed by atoms with Crippen molar-refractivity contribution in [2.24, 2.45) is 5.92 Å². The van der Waals surface area contributed by atoms with Gasteiger partial charge < -0.3 is 14.0 Å².